The van der Waals surface area contributed by atoms with Gasteiger partial charge in [-0.15, -0.1) is 10.2 Å². The lowest BCUT2D eigenvalue weighted by atomic mass is 9.96. The molecule has 14 heteroatoms. The van der Waals surface area contributed by atoms with Crippen LogP contribution in [0.4, 0.5) is 24.5 Å². The van der Waals surface area contributed by atoms with Crippen LogP contribution in [0.1, 0.15) is 30.1 Å². The maximum absolute atomic E-state index is 13.1. The Kier molecular flexibility index (Phi) is 5.29. The molecule has 0 radical (unpaired) electrons. The normalized spacial score (nSPS) is 17.6. The van der Waals surface area contributed by atoms with E-state index >= 15 is 0 Å². The van der Waals surface area contributed by atoms with Gasteiger partial charge in [0.2, 0.25) is 10.0 Å². The fourth-order valence-electron chi connectivity index (χ4n) is 3.86. The number of rotatable bonds is 4. The minimum atomic E-state index is -4.53. The van der Waals surface area contributed by atoms with E-state index in [9.17, 15) is 31.7 Å². The number of sulfonamides is 1. The molecule has 1 atom stereocenters. The van der Waals surface area contributed by atoms with Crippen molar-refractivity contribution in [3.8, 4) is 0 Å². The highest BCUT2D eigenvalue weighted by Crippen LogP contribution is 2.36. The van der Waals surface area contributed by atoms with Crippen LogP contribution in [-0.4, -0.2) is 41.0 Å². The summed E-state index contributed by atoms with van der Waals surface area (Å²) in [5.41, 5.74) is -0.818. The molecule has 2 N–H and O–H groups in total. The first-order chi connectivity index (χ1) is 14.9. The Morgan fingerprint density at radius 1 is 1.19 bits per heavy atom. The first-order valence-corrected chi connectivity index (χ1v) is 11.0. The number of aromatic nitrogens is 3. The largest absolute Gasteiger partial charge is 0.417 e. The van der Waals surface area contributed by atoms with Crippen LogP contribution in [0.5, 0.6) is 0 Å². The molecule has 3 heterocycles. The summed E-state index contributed by atoms with van der Waals surface area (Å²) in [5, 5.41) is 24.6. The van der Waals surface area contributed by atoms with E-state index in [2.05, 4.69) is 10.2 Å². The molecule has 32 heavy (non-hydrogen) atoms. The van der Waals surface area contributed by atoms with Gasteiger partial charge in [-0.3, -0.25) is 14.5 Å². The molecule has 10 nitrogen and oxygen atoms in total. The number of halogens is 3. The number of nitrogens with zero attached hydrogens (tertiary/aromatic N) is 5. The molecule has 1 aliphatic rings. The predicted octanol–water partition coefficient (Wildman–Crippen LogP) is 2.69. The van der Waals surface area contributed by atoms with E-state index < -0.39 is 32.4 Å². The molecule has 1 aliphatic heterocycles. The number of piperidine rings is 1. The zero-order valence-corrected chi connectivity index (χ0v) is 17.2. The minimum Gasteiger partial charge on any atom is -0.365 e. The number of nitro benzene ring substituents is 1. The summed E-state index contributed by atoms with van der Waals surface area (Å²) in [6, 6.07) is 5.55. The van der Waals surface area contributed by atoms with Crippen molar-refractivity contribution in [2.75, 3.05) is 18.0 Å². The number of nitro groups is 1. The van der Waals surface area contributed by atoms with Gasteiger partial charge >= 0.3 is 6.18 Å². The van der Waals surface area contributed by atoms with E-state index in [1.807, 2.05) is 0 Å². The molecule has 1 saturated heterocycles. The van der Waals surface area contributed by atoms with Gasteiger partial charge < -0.3 is 4.90 Å². The van der Waals surface area contributed by atoms with Crippen molar-refractivity contribution >= 4 is 27.0 Å². The summed E-state index contributed by atoms with van der Waals surface area (Å²) < 4.78 is 63.8. The standard InChI is InChI=1S/C18H17F3N6O4S/c19-18(20,21)12-3-6-16-23-24-17(26(16)10-12)11-2-1-7-25(9-11)14-5-4-13(32(22,30)31)8-15(14)27(28)29/h3-6,8,10-11H,1-2,7,9H2,(H2,22,30,31)/t11-/m0/s1. The molecule has 1 aromatic carbocycles. The molecule has 170 valence electrons. The van der Waals surface area contributed by atoms with Gasteiger partial charge in [0.15, 0.2) is 5.65 Å². The van der Waals surface area contributed by atoms with Crippen LogP contribution in [0.2, 0.25) is 0 Å². The van der Waals surface area contributed by atoms with Crippen LogP contribution in [0, 0.1) is 10.1 Å². The SMILES string of the molecule is NS(=O)(=O)c1ccc(N2CCC[C@H](c3nnc4ccc(C(F)(F)F)cn34)C2)c([N+](=O)[O-])c1. The van der Waals surface area contributed by atoms with E-state index in [0.717, 1.165) is 18.3 Å². The Morgan fingerprint density at radius 3 is 2.59 bits per heavy atom. The topological polar surface area (TPSA) is 137 Å². The van der Waals surface area contributed by atoms with Gasteiger partial charge in [-0.25, -0.2) is 13.6 Å². The van der Waals surface area contributed by atoms with Gasteiger partial charge in [-0.2, -0.15) is 13.2 Å². The highest BCUT2D eigenvalue weighted by molar-refractivity contribution is 7.89. The number of benzene rings is 1. The van der Waals surface area contributed by atoms with Gasteiger partial charge in [0.05, 0.1) is 15.4 Å². The Bertz CT molecular complexity index is 1310. The number of hydrogen-bond acceptors (Lipinski definition) is 7. The van der Waals surface area contributed by atoms with E-state index in [-0.39, 0.29) is 28.7 Å². The lowest BCUT2D eigenvalue weighted by Crippen LogP contribution is -2.35. The minimum absolute atomic E-state index is 0.192. The molecule has 1 fully saturated rings. The van der Waals surface area contributed by atoms with E-state index in [1.54, 1.807) is 4.90 Å². The zero-order chi connectivity index (χ0) is 23.3. The third-order valence-electron chi connectivity index (χ3n) is 5.36. The molecular formula is C18H17F3N6O4S. The van der Waals surface area contributed by atoms with Crippen LogP contribution >= 0.6 is 0 Å². The molecule has 2 aromatic heterocycles. The number of primary sulfonamides is 1. The van der Waals surface area contributed by atoms with Crippen molar-refractivity contribution in [1.29, 1.82) is 0 Å². The Morgan fingerprint density at radius 2 is 1.94 bits per heavy atom. The number of fused-ring (bicyclic) bond motifs is 1. The molecule has 3 aromatic rings. The fraction of sp³-hybridized carbons (Fsp3) is 0.333. The Labute approximate surface area is 179 Å². The van der Waals surface area contributed by atoms with Gasteiger partial charge in [0, 0.05) is 31.3 Å². The first-order valence-electron chi connectivity index (χ1n) is 9.43. The molecule has 0 amide bonds. The molecule has 0 aliphatic carbocycles. The molecule has 0 unspecified atom stereocenters. The van der Waals surface area contributed by atoms with Crippen LogP contribution in [0.3, 0.4) is 0 Å². The van der Waals surface area contributed by atoms with Crippen molar-refractivity contribution < 1.29 is 26.5 Å². The summed E-state index contributed by atoms with van der Waals surface area (Å²) in [7, 11) is -4.13. The zero-order valence-electron chi connectivity index (χ0n) is 16.4. The van der Waals surface area contributed by atoms with Crippen LogP contribution < -0.4 is 10.0 Å². The smallest absolute Gasteiger partial charge is 0.365 e. The summed E-state index contributed by atoms with van der Waals surface area (Å²) in [4.78, 5) is 12.2. The average molecular weight is 470 g/mol. The fourth-order valence-corrected chi connectivity index (χ4v) is 4.39. The van der Waals surface area contributed by atoms with Gasteiger partial charge in [-0.05, 0) is 37.1 Å². The van der Waals surface area contributed by atoms with E-state index in [0.29, 0.717) is 25.2 Å². The number of nitrogens with two attached hydrogens (primary N) is 1. The molecule has 0 bridgehead atoms. The van der Waals surface area contributed by atoms with Crippen molar-refractivity contribution in [3.63, 3.8) is 0 Å². The van der Waals surface area contributed by atoms with E-state index in [4.69, 9.17) is 5.14 Å². The predicted molar refractivity (Wildman–Crippen MR) is 107 cm³/mol. The highest BCUT2D eigenvalue weighted by atomic mass is 32.2. The molecular weight excluding hydrogens is 453 g/mol. The summed E-state index contributed by atoms with van der Waals surface area (Å²) >= 11 is 0. The molecule has 0 spiro atoms. The maximum Gasteiger partial charge on any atom is 0.417 e. The second-order valence-corrected chi connectivity index (χ2v) is 9.00. The van der Waals surface area contributed by atoms with Crippen molar-refractivity contribution in [3.05, 3.63) is 58.0 Å². The van der Waals surface area contributed by atoms with Crippen LogP contribution in [0.25, 0.3) is 5.65 Å². The Hall–Kier alpha value is -3.26. The van der Waals surface area contributed by atoms with Gasteiger partial charge in [0.1, 0.15) is 11.5 Å². The van der Waals surface area contributed by atoms with Gasteiger partial charge in [-0.1, -0.05) is 0 Å². The lowest BCUT2D eigenvalue weighted by Gasteiger charge is -2.33. The van der Waals surface area contributed by atoms with E-state index in [1.165, 1.54) is 22.6 Å². The second kappa shape index (κ2) is 7.70. The third-order valence-corrected chi connectivity index (χ3v) is 6.27. The van der Waals surface area contributed by atoms with Crippen molar-refractivity contribution in [2.24, 2.45) is 5.14 Å². The molecule has 0 saturated carbocycles. The summed E-state index contributed by atoms with van der Waals surface area (Å²) in [5.74, 6) is -0.0284. The van der Waals surface area contributed by atoms with Gasteiger partial charge in [0.25, 0.3) is 5.69 Å². The first kappa shape index (κ1) is 22.0. The Balaban J connectivity index is 1.70. The quantitative estimate of drug-likeness (QED) is 0.457. The summed E-state index contributed by atoms with van der Waals surface area (Å²) in [6.07, 6.45) is -2.41. The maximum atomic E-state index is 13.1. The number of alkyl halides is 3. The highest BCUT2D eigenvalue weighted by Gasteiger charge is 2.33. The van der Waals surface area contributed by atoms with Crippen molar-refractivity contribution in [2.45, 2.75) is 29.8 Å². The van der Waals surface area contributed by atoms with Crippen LogP contribution in [0.15, 0.2) is 41.4 Å². The molecule has 4 rings (SSSR count). The number of pyridine rings is 1. The summed E-state index contributed by atoms with van der Waals surface area (Å²) in [6.45, 7) is 0.670. The van der Waals surface area contributed by atoms with Crippen LogP contribution in [-0.2, 0) is 16.2 Å². The third kappa shape index (κ3) is 4.10. The average Bonchev–Trinajstić information content (AvgIpc) is 3.15. The number of hydrogen-bond donors (Lipinski definition) is 1. The monoisotopic (exact) mass is 470 g/mol. The second-order valence-electron chi connectivity index (χ2n) is 7.44. The lowest BCUT2D eigenvalue weighted by molar-refractivity contribution is -0.384. The number of anilines is 1. The van der Waals surface area contributed by atoms with Crippen molar-refractivity contribution in [1.82, 2.24) is 14.6 Å².